The van der Waals surface area contributed by atoms with Gasteiger partial charge in [0.15, 0.2) is 0 Å². The monoisotopic (exact) mass is 425 g/mol. The van der Waals surface area contributed by atoms with E-state index in [1.165, 1.54) is 16.2 Å². The van der Waals surface area contributed by atoms with Gasteiger partial charge in [-0.15, -0.1) is 11.3 Å². The quantitative estimate of drug-likeness (QED) is 0.661. The average Bonchev–Trinajstić information content (AvgIpc) is 3.47. The van der Waals surface area contributed by atoms with Crippen molar-refractivity contribution in [2.45, 2.75) is 32.9 Å². The zero-order valence-corrected chi connectivity index (χ0v) is 18.1. The van der Waals surface area contributed by atoms with E-state index < -0.39 is 6.04 Å². The van der Waals surface area contributed by atoms with Crippen LogP contribution in [0.4, 0.5) is 0 Å². The molecule has 1 aliphatic heterocycles. The van der Waals surface area contributed by atoms with Crippen molar-refractivity contribution < 1.29 is 9.59 Å². The van der Waals surface area contributed by atoms with E-state index in [0.29, 0.717) is 31.0 Å². The van der Waals surface area contributed by atoms with Crippen LogP contribution in [0.3, 0.4) is 0 Å². The molecule has 29 heavy (non-hydrogen) atoms. The van der Waals surface area contributed by atoms with Gasteiger partial charge in [-0.05, 0) is 41.8 Å². The second-order valence-corrected chi connectivity index (χ2v) is 9.14. The molecular weight excluding hydrogens is 402 g/mol. The smallest absolute Gasteiger partial charge is 0.255 e. The Morgan fingerprint density at radius 3 is 2.69 bits per heavy atom. The lowest BCUT2D eigenvalue weighted by Gasteiger charge is -2.23. The number of nitrogens with zero attached hydrogens (tertiary/aromatic N) is 2. The number of aryl methyl sites for hydroxylation is 1. The van der Waals surface area contributed by atoms with Crippen molar-refractivity contribution in [2.24, 2.45) is 5.92 Å². The standard InChI is InChI=1S/C22H23N3O2S2/c1-14-9-19(25(11-14)22(27)18-7-8-28-12-18)21(26)23-10-16-3-5-17(6-4-16)20-15(2)24-13-29-20/h3-8,12-14,19H,9-11H2,1-2H3,(H,23,26)/t14-,19+/m1/s1. The van der Waals surface area contributed by atoms with E-state index in [1.54, 1.807) is 16.2 Å². The Morgan fingerprint density at radius 2 is 2.03 bits per heavy atom. The molecule has 1 aromatic carbocycles. The minimum Gasteiger partial charge on any atom is -0.350 e. The summed E-state index contributed by atoms with van der Waals surface area (Å²) >= 11 is 3.12. The molecule has 7 heteroatoms. The van der Waals surface area contributed by atoms with E-state index >= 15 is 0 Å². The van der Waals surface area contributed by atoms with Gasteiger partial charge in [-0.2, -0.15) is 11.3 Å². The number of benzene rings is 1. The number of thiazole rings is 1. The molecule has 1 N–H and O–H groups in total. The molecule has 4 rings (SSSR count). The second kappa shape index (κ2) is 8.47. The first kappa shape index (κ1) is 19.8. The van der Waals surface area contributed by atoms with Crippen LogP contribution in [0.15, 0.2) is 46.6 Å². The molecule has 2 aromatic heterocycles. The van der Waals surface area contributed by atoms with Gasteiger partial charge < -0.3 is 10.2 Å². The Bertz CT molecular complexity index is 996. The lowest BCUT2D eigenvalue weighted by atomic mass is 10.1. The van der Waals surface area contributed by atoms with Gasteiger partial charge in [-0.1, -0.05) is 31.2 Å². The summed E-state index contributed by atoms with van der Waals surface area (Å²) in [5.41, 5.74) is 5.71. The van der Waals surface area contributed by atoms with Gasteiger partial charge in [-0.3, -0.25) is 9.59 Å². The number of carbonyl (C=O) groups is 2. The molecule has 0 saturated carbocycles. The maximum Gasteiger partial charge on any atom is 0.255 e. The summed E-state index contributed by atoms with van der Waals surface area (Å²) in [7, 11) is 0. The Morgan fingerprint density at radius 1 is 1.24 bits per heavy atom. The van der Waals surface area contributed by atoms with Gasteiger partial charge in [0.25, 0.3) is 5.91 Å². The molecule has 3 heterocycles. The number of aromatic nitrogens is 1. The van der Waals surface area contributed by atoms with Crippen LogP contribution in [0, 0.1) is 12.8 Å². The van der Waals surface area contributed by atoms with Crippen LogP contribution < -0.4 is 5.32 Å². The van der Waals surface area contributed by atoms with Crippen LogP contribution >= 0.6 is 22.7 Å². The Kier molecular flexibility index (Phi) is 5.78. The van der Waals surface area contributed by atoms with E-state index in [4.69, 9.17) is 0 Å². The summed E-state index contributed by atoms with van der Waals surface area (Å²) in [5, 5.41) is 6.75. The molecule has 0 unspecified atom stereocenters. The lowest BCUT2D eigenvalue weighted by molar-refractivity contribution is -0.125. The van der Waals surface area contributed by atoms with Gasteiger partial charge in [0.1, 0.15) is 6.04 Å². The van der Waals surface area contributed by atoms with Crippen LogP contribution in [0.2, 0.25) is 0 Å². The Labute approximate surface area is 178 Å². The summed E-state index contributed by atoms with van der Waals surface area (Å²) in [4.78, 5) is 32.8. The molecule has 1 fully saturated rings. The molecule has 3 aromatic rings. The number of hydrogen-bond donors (Lipinski definition) is 1. The van der Waals surface area contributed by atoms with E-state index in [1.807, 2.05) is 41.4 Å². The maximum absolute atomic E-state index is 12.8. The van der Waals surface area contributed by atoms with E-state index in [9.17, 15) is 9.59 Å². The second-order valence-electron chi connectivity index (χ2n) is 7.51. The fourth-order valence-electron chi connectivity index (χ4n) is 3.73. The van der Waals surface area contributed by atoms with Crippen molar-refractivity contribution in [2.75, 3.05) is 6.54 Å². The summed E-state index contributed by atoms with van der Waals surface area (Å²) < 4.78 is 0. The van der Waals surface area contributed by atoms with E-state index in [2.05, 4.69) is 29.4 Å². The summed E-state index contributed by atoms with van der Waals surface area (Å²) in [6.07, 6.45) is 0.700. The zero-order valence-electron chi connectivity index (χ0n) is 16.4. The lowest BCUT2D eigenvalue weighted by Crippen LogP contribution is -2.45. The fraction of sp³-hybridized carbons (Fsp3) is 0.318. The van der Waals surface area contributed by atoms with Crippen LogP contribution in [-0.2, 0) is 11.3 Å². The van der Waals surface area contributed by atoms with Crippen molar-refractivity contribution >= 4 is 34.5 Å². The molecular formula is C22H23N3O2S2. The van der Waals surface area contributed by atoms with Crippen LogP contribution in [0.25, 0.3) is 10.4 Å². The molecule has 0 bridgehead atoms. The molecule has 0 aliphatic carbocycles. The molecule has 0 spiro atoms. The van der Waals surface area contributed by atoms with Crippen LogP contribution in [0.1, 0.15) is 35.0 Å². The number of likely N-dealkylation sites (tertiary alicyclic amines) is 1. The maximum atomic E-state index is 12.8. The normalized spacial score (nSPS) is 18.8. The van der Waals surface area contributed by atoms with E-state index in [-0.39, 0.29) is 11.8 Å². The topological polar surface area (TPSA) is 62.3 Å². The predicted molar refractivity (Wildman–Crippen MR) is 117 cm³/mol. The minimum absolute atomic E-state index is 0.0555. The predicted octanol–water partition coefficient (Wildman–Crippen LogP) is 4.35. The Hall–Kier alpha value is -2.51. The van der Waals surface area contributed by atoms with Crippen molar-refractivity contribution in [3.63, 3.8) is 0 Å². The van der Waals surface area contributed by atoms with Crippen molar-refractivity contribution in [3.05, 3.63) is 63.4 Å². The van der Waals surface area contributed by atoms with Gasteiger partial charge in [0.05, 0.1) is 21.6 Å². The molecule has 1 aliphatic rings. The number of hydrogen-bond acceptors (Lipinski definition) is 5. The van der Waals surface area contributed by atoms with Crippen molar-refractivity contribution in [1.82, 2.24) is 15.2 Å². The minimum atomic E-state index is -0.406. The third-order valence-corrected chi connectivity index (χ3v) is 6.93. The highest BCUT2D eigenvalue weighted by atomic mass is 32.1. The molecule has 150 valence electrons. The summed E-state index contributed by atoms with van der Waals surface area (Å²) in [5.74, 6) is 0.176. The van der Waals surface area contributed by atoms with Crippen molar-refractivity contribution in [1.29, 1.82) is 0 Å². The first-order chi connectivity index (χ1) is 14.0. The third kappa shape index (κ3) is 4.26. The number of rotatable bonds is 5. The molecule has 2 amide bonds. The average molecular weight is 426 g/mol. The van der Waals surface area contributed by atoms with Gasteiger partial charge in [0.2, 0.25) is 5.91 Å². The third-order valence-electron chi connectivity index (χ3n) is 5.27. The van der Waals surface area contributed by atoms with Crippen molar-refractivity contribution in [3.8, 4) is 10.4 Å². The molecule has 5 nitrogen and oxygen atoms in total. The van der Waals surface area contributed by atoms with Crippen LogP contribution in [0.5, 0.6) is 0 Å². The molecule has 1 saturated heterocycles. The van der Waals surface area contributed by atoms with Crippen LogP contribution in [-0.4, -0.2) is 34.3 Å². The Balaban J connectivity index is 1.39. The fourth-order valence-corrected chi connectivity index (χ4v) is 5.17. The SMILES string of the molecule is Cc1ncsc1-c1ccc(CNC(=O)[C@@H]2C[C@@H](C)CN2C(=O)c2ccsc2)cc1. The first-order valence-electron chi connectivity index (χ1n) is 9.63. The number of carbonyl (C=O) groups excluding carboxylic acids is 2. The largest absolute Gasteiger partial charge is 0.350 e. The van der Waals surface area contributed by atoms with E-state index in [0.717, 1.165) is 16.8 Å². The zero-order chi connectivity index (χ0) is 20.4. The van der Waals surface area contributed by atoms with Gasteiger partial charge >= 0.3 is 0 Å². The number of amides is 2. The summed E-state index contributed by atoms with van der Waals surface area (Å²) in [6, 6.07) is 9.59. The summed E-state index contributed by atoms with van der Waals surface area (Å²) in [6.45, 7) is 5.16. The van der Waals surface area contributed by atoms with Gasteiger partial charge in [-0.25, -0.2) is 4.98 Å². The highest BCUT2D eigenvalue weighted by molar-refractivity contribution is 7.13. The highest BCUT2D eigenvalue weighted by Gasteiger charge is 2.38. The number of nitrogens with one attached hydrogen (secondary N) is 1. The highest BCUT2D eigenvalue weighted by Crippen LogP contribution is 2.28. The number of thiophene rings is 1. The van der Waals surface area contributed by atoms with Gasteiger partial charge in [0, 0.05) is 18.5 Å². The molecule has 2 atom stereocenters. The molecule has 0 radical (unpaired) electrons. The first-order valence-corrected chi connectivity index (χ1v) is 11.5.